The highest BCUT2D eigenvalue weighted by Gasteiger charge is 2.13. The highest BCUT2D eigenvalue weighted by Crippen LogP contribution is 2.27. The second kappa shape index (κ2) is 6.56. The molecule has 1 nitrogen and oxygen atoms in total. The summed E-state index contributed by atoms with van der Waals surface area (Å²) in [6, 6.07) is 14.5. The van der Waals surface area contributed by atoms with E-state index in [0.717, 1.165) is 21.5 Å². The fraction of sp³-hybridized carbons (Fsp3) is 0.250. The summed E-state index contributed by atoms with van der Waals surface area (Å²) in [5.41, 5.74) is 9.61. The third-order valence-corrected chi connectivity index (χ3v) is 4.12. The van der Waals surface area contributed by atoms with Crippen LogP contribution in [-0.2, 0) is 6.42 Å². The molecule has 0 aliphatic carbocycles. The van der Waals surface area contributed by atoms with Gasteiger partial charge in [-0.2, -0.15) is 0 Å². The minimum absolute atomic E-state index is 0.304. The average molecular weight is 339 g/mol. The van der Waals surface area contributed by atoms with E-state index in [0.29, 0.717) is 12.5 Å². The number of aryl methyl sites for hydroxylation is 1. The molecule has 1 atom stereocenters. The zero-order valence-electron chi connectivity index (χ0n) is 10.9. The minimum atomic E-state index is 0.304. The van der Waals surface area contributed by atoms with Gasteiger partial charge >= 0.3 is 0 Å². The van der Waals surface area contributed by atoms with Crippen LogP contribution in [0, 0.1) is 6.92 Å². The van der Waals surface area contributed by atoms with Gasteiger partial charge in [-0.3, -0.25) is 0 Å². The summed E-state index contributed by atoms with van der Waals surface area (Å²) in [6.07, 6.45) is 0.867. The smallest absolute Gasteiger partial charge is 0.0449 e. The molecule has 2 N–H and O–H groups in total. The summed E-state index contributed by atoms with van der Waals surface area (Å²) >= 11 is 9.70. The van der Waals surface area contributed by atoms with Gasteiger partial charge in [0.15, 0.2) is 0 Å². The molecule has 0 saturated carbocycles. The number of nitrogens with two attached hydrogens (primary N) is 1. The minimum Gasteiger partial charge on any atom is -0.330 e. The lowest BCUT2D eigenvalue weighted by atomic mass is 9.91. The van der Waals surface area contributed by atoms with E-state index in [1.54, 1.807) is 0 Å². The van der Waals surface area contributed by atoms with E-state index in [4.69, 9.17) is 17.3 Å². The maximum atomic E-state index is 6.28. The van der Waals surface area contributed by atoms with Crippen molar-refractivity contribution in [1.29, 1.82) is 0 Å². The third kappa shape index (κ3) is 3.82. The highest BCUT2D eigenvalue weighted by molar-refractivity contribution is 9.10. The topological polar surface area (TPSA) is 26.0 Å². The van der Waals surface area contributed by atoms with Crippen LogP contribution in [-0.4, -0.2) is 6.54 Å². The molecule has 0 bridgehead atoms. The first-order chi connectivity index (χ1) is 9.10. The first-order valence-corrected chi connectivity index (χ1v) is 7.48. The number of rotatable bonds is 4. The molecule has 2 aromatic carbocycles. The molecule has 100 valence electrons. The molecule has 2 aromatic rings. The van der Waals surface area contributed by atoms with E-state index in [1.807, 2.05) is 12.1 Å². The van der Waals surface area contributed by atoms with Gasteiger partial charge < -0.3 is 5.73 Å². The number of halogens is 2. The Balaban J connectivity index is 2.24. The van der Waals surface area contributed by atoms with E-state index < -0.39 is 0 Å². The van der Waals surface area contributed by atoms with Crippen molar-refractivity contribution in [2.24, 2.45) is 5.73 Å². The molecule has 1 unspecified atom stereocenters. The van der Waals surface area contributed by atoms with E-state index in [-0.39, 0.29) is 0 Å². The second-order valence-corrected chi connectivity index (χ2v) is 6.11. The molecular weight excluding hydrogens is 322 g/mol. The molecule has 0 amide bonds. The molecule has 0 aliphatic rings. The zero-order valence-corrected chi connectivity index (χ0v) is 13.2. The summed E-state index contributed by atoms with van der Waals surface area (Å²) in [6.45, 7) is 2.72. The summed E-state index contributed by atoms with van der Waals surface area (Å²) in [5.74, 6) is 0.304. The Morgan fingerprint density at radius 2 is 2.00 bits per heavy atom. The summed E-state index contributed by atoms with van der Waals surface area (Å²) < 4.78 is 1.00. The predicted molar refractivity (Wildman–Crippen MR) is 85.8 cm³/mol. The van der Waals surface area contributed by atoms with Crippen LogP contribution in [0.4, 0.5) is 0 Å². The number of benzene rings is 2. The molecule has 19 heavy (non-hydrogen) atoms. The van der Waals surface area contributed by atoms with Crippen LogP contribution in [0.3, 0.4) is 0 Å². The Bertz CT molecular complexity index is 568. The SMILES string of the molecule is Cc1cccc(C(CN)Cc2ccc(Br)cc2Cl)c1. The largest absolute Gasteiger partial charge is 0.330 e. The normalized spacial score (nSPS) is 12.4. The van der Waals surface area contributed by atoms with Gasteiger partial charge in [-0.15, -0.1) is 0 Å². The molecule has 0 heterocycles. The van der Waals surface area contributed by atoms with Crippen LogP contribution in [0.15, 0.2) is 46.9 Å². The quantitative estimate of drug-likeness (QED) is 0.859. The molecule has 2 rings (SSSR count). The Labute approximate surface area is 127 Å². The van der Waals surface area contributed by atoms with E-state index in [2.05, 4.69) is 53.2 Å². The standard InChI is InChI=1S/C16H17BrClN/c1-11-3-2-4-12(7-11)14(10-19)8-13-5-6-15(17)9-16(13)18/h2-7,9,14H,8,10,19H2,1H3. The van der Waals surface area contributed by atoms with Gasteiger partial charge in [-0.1, -0.05) is 63.4 Å². The van der Waals surface area contributed by atoms with Crippen LogP contribution in [0.25, 0.3) is 0 Å². The summed E-state index contributed by atoms with van der Waals surface area (Å²) in [5, 5.41) is 0.792. The molecule has 0 saturated heterocycles. The van der Waals surface area contributed by atoms with Crippen LogP contribution in [0.5, 0.6) is 0 Å². The van der Waals surface area contributed by atoms with Crippen molar-refractivity contribution in [2.45, 2.75) is 19.3 Å². The van der Waals surface area contributed by atoms with Crippen molar-refractivity contribution in [3.8, 4) is 0 Å². The maximum absolute atomic E-state index is 6.28. The Hall–Kier alpha value is -0.830. The highest BCUT2D eigenvalue weighted by atomic mass is 79.9. The molecule has 0 aliphatic heterocycles. The van der Waals surface area contributed by atoms with E-state index >= 15 is 0 Å². The lowest BCUT2D eigenvalue weighted by Crippen LogP contribution is -2.15. The first kappa shape index (κ1) is 14.6. The lowest BCUT2D eigenvalue weighted by molar-refractivity contribution is 0.694. The third-order valence-electron chi connectivity index (χ3n) is 3.28. The monoisotopic (exact) mass is 337 g/mol. The van der Waals surface area contributed by atoms with Crippen molar-refractivity contribution in [3.05, 3.63) is 68.7 Å². The van der Waals surface area contributed by atoms with Gasteiger partial charge in [0, 0.05) is 15.4 Å². The Kier molecular flexibility index (Phi) is 5.03. The molecule has 0 radical (unpaired) electrons. The van der Waals surface area contributed by atoms with Crippen molar-refractivity contribution in [1.82, 2.24) is 0 Å². The van der Waals surface area contributed by atoms with Crippen LogP contribution < -0.4 is 5.73 Å². The zero-order chi connectivity index (χ0) is 13.8. The number of hydrogen-bond donors (Lipinski definition) is 1. The van der Waals surface area contributed by atoms with Gasteiger partial charge in [0.2, 0.25) is 0 Å². The van der Waals surface area contributed by atoms with Gasteiger partial charge in [0.1, 0.15) is 0 Å². The van der Waals surface area contributed by atoms with Crippen LogP contribution in [0.2, 0.25) is 5.02 Å². The van der Waals surface area contributed by atoms with Crippen molar-refractivity contribution in [2.75, 3.05) is 6.54 Å². The van der Waals surface area contributed by atoms with Crippen LogP contribution >= 0.6 is 27.5 Å². The van der Waals surface area contributed by atoms with Gasteiger partial charge in [0.05, 0.1) is 0 Å². The van der Waals surface area contributed by atoms with Gasteiger partial charge in [-0.05, 0) is 43.1 Å². The van der Waals surface area contributed by atoms with E-state index in [1.165, 1.54) is 11.1 Å². The second-order valence-electron chi connectivity index (χ2n) is 4.79. The maximum Gasteiger partial charge on any atom is 0.0449 e. The Morgan fingerprint density at radius 3 is 2.63 bits per heavy atom. The van der Waals surface area contributed by atoms with E-state index in [9.17, 15) is 0 Å². The molecule has 0 fully saturated rings. The molecule has 0 aromatic heterocycles. The lowest BCUT2D eigenvalue weighted by Gasteiger charge is -2.17. The predicted octanol–water partition coefficient (Wildman–Crippen LogP) is 4.70. The summed E-state index contributed by atoms with van der Waals surface area (Å²) in [4.78, 5) is 0. The van der Waals surface area contributed by atoms with Gasteiger partial charge in [0.25, 0.3) is 0 Å². The van der Waals surface area contributed by atoms with Gasteiger partial charge in [-0.25, -0.2) is 0 Å². The number of hydrogen-bond acceptors (Lipinski definition) is 1. The molecule has 3 heteroatoms. The fourth-order valence-electron chi connectivity index (χ4n) is 2.21. The Morgan fingerprint density at radius 1 is 1.21 bits per heavy atom. The first-order valence-electron chi connectivity index (χ1n) is 6.30. The van der Waals surface area contributed by atoms with Crippen molar-refractivity contribution in [3.63, 3.8) is 0 Å². The average Bonchev–Trinajstić information content (AvgIpc) is 2.38. The molecule has 0 spiro atoms. The summed E-state index contributed by atoms with van der Waals surface area (Å²) in [7, 11) is 0. The van der Waals surface area contributed by atoms with Crippen molar-refractivity contribution < 1.29 is 0 Å². The van der Waals surface area contributed by atoms with Crippen molar-refractivity contribution >= 4 is 27.5 Å². The fourth-order valence-corrected chi connectivity index (χ4v) is 2.96. The van der Waals surface area contributed by atoms with Crippen LogP contribution in [0.1, 0.15) is 22.6 Å². The molecular formula is C16H17BrClN.